The molecular weight excluding hydrogens is 168 g/mol. The molecule has 0 aliphatic heterocycles. The lowest BCUT2D eigenvalue weighted by molar-refractivity contribution is -0.136. The minimum Gasteiger partial charge on any atom is -0.481 e. The summed E-state index contributed by atoms with van der Waals surface area (Å²) in [5, 5.41) is 8.60. The summed E-state index contributed by atoms with van der Waals surface area (Å²) in [6, 6.07) is 3.44. The van der Waals surface area contributed by atoms with Crippen LogP contribution in [0.5, 0.6) is 0 Å². The fourth-order valence-electron chi connectivity index (χ4n) is 1.15. The molecule has 0 saturated heterocycles. The van der Waals surface area contributed by atoms with E-state index >= 15 is 0 Å². The van der Waals surface area contributed by atoms with Gasteiger partial charge in [0.1, 0.15) is 0 Å². The molecule has 13 heavy (non-hydrogen) atoms. The monoisotopic (exact) mass is 180 g/mol. The maximum Gasteiger partial charge on any atom is 0.307 e. The third-order valence-electron chi connectivity index (χ3n) is 1.94. The summed E-state index contributed by atoms with van der Waals surface area (Å²) in [4.78, 5) is 10.5. The van der Waals surface area contributed by atoms with Crippen LogP contribution in [-0.2, 0) is 11.2 Å². The number of aliphatic carboxylic acids is 1. The molecule has 0 bridgehead atoms. The molecule has 0 aliphatic rings. The van der Waals surface area contributed by atoms with Gasteiger partial charge in [-0.3, -0.25) is 4.79 Å². The van der Waals surface area contributed by atoms with E-state index < -0.39 is 5.97 Å². The highest BCUT2D eigenvalue weighted by Crippen LogP contribution is 2.23. The molecule has 0 heterocycles. The standard InChI is InChI=1S/C9H12N2O2/c1-5-2-3-7(10)6(9(5)11)4-8(12)13/h2-3H,4,10-11H2,1H3,(H,12,13). The van der Waals surface area contributed by atoms with Crippen molar-refractivity contribution >= 4 is 17.3 Å². The predicted octanol–water partition coefficient (Wildman–Crippen LogP) is 0.787. The fraction of sp³-hybridized carbons (Fsp3) is 0.222. The van der Waals surface area contributed by atoms with E-state index in [9.17, 15) is 4.79 Å². The van der Waals surface area contributed by atoms with Crippen LogP contribution in [0.4, 0.5) is 11.4 Å². The lowest BCUT2D eigenvalue weighted by Crippen LogP contribution is -2.08. The van der Waals surface area contributed by atoms with Gasteiger partial charge in [0.15, 0.2) is 0 Å². The van der Waals surface area contributed by atoms with E-state index in [-0.39, 0.29) is 6.42 Å². The minimum absolute atomic E-state index is 0.126. The Morgan fingerprint density at radius 2 is 2.08 bits per heavy atom. The topological polar surface area (TPSA) is 89.3 Å². The van der Waals surface area contributed by atoms with Gasteiger partial charge in [0, 0.05) is 16.9 Å². The quantitative estimate of drug-likeness (QED) is 0.587. The van der Waals surface area contributed by atoms with Gasteiger partial charge in [0.05, 0.1) is 6.42 Å². The average molecular weight is 180 g/mol. The first-order valence-electron chi connectivity index (χ1n) is 3.87. The Morgan fingerprint density at radius 1 is 1.46 bits per heavy atom. The Bertz CT molecular complexity index is 348. The predicted molar refractivity (Wildman–Crippen MR) is 51.3 cm³/mol. The summed E-state index contributed by atoms with van der Waals surface area (Å²) in [5.74, 6) is -0.927. The second-order valence-corrected chi connectivity index (χ2v) is 2.93. The van der Waals surface area contributed by atoms with E-state index in [1.54, 1.807) is 12.1 Å². The number of carbonyl (C=O) groups is 1. The Labute approximate surface area is 76.2 Å². The molecule has 4 nitrogen and oxygen atoms in total. The Hall–Kier alpha value is -1.71. The van der Waals surface area contributed by atoms with E-state index in [4.69, 9.17) is 16.6 Å². The molecular formula is C9H12N2O2. The highest BCUT2D eigenvalue weighted by molar-refractivity contribution is 5.78. The zero-order valence-electron chi connectivity index (χ0n) is 7.37. The van der Waals surface area contributed by atoms with Crippen molar-refractivity contribution in [2.45, 2.75) is 13.3 Å². The number of aryl methyl sites for hydroxylation is 1. The van der Waals surface area contributed by atoms with Crippen LogP contribution in [0.2, 0.25) is 0 Å². The van der Waals surface area contributed by atoms with E-state index in [1.807, 2.05) is 6.92 Å². The molecule has 0 aliphatic carbocycles. The van der Waals surface area contributed by atoms with Crippen LogP contribution in [0, 0.1) is 6.92 Å². The molecule has 0 fully saturated rings. The van der Waals surface area contributed by atoms with Gasteiger partial charge < -0.3 is 16.6 Å². The van der Waals surface area contributed by atoms with Crippen molar-refractivity contribution in [3.05, 3.63) is 23.3 Å². The Morgan fingerprint density at radius 3 is 2.62 bits per heavy atom. The van der Waals surface area contributed by atoms with Crippen molar-refractivity contribution in [3.63, 3.8) is 0 Å². The summed E-state index contributed by atoms with van der Waals surface area (Å²) in [6.45, 7) is 1.82. The first-order valence-corrected chi connectivity index (χ1v) is 3.87. The van der Waals surface area contributed by atoms with E-state index in [2.05, 4.69) is 0 Å². The van der Waals surface area contributed by atoms with Crippen LogP contribution >= 0.6 is 0 Å². The highest BCUT2D eigenvalue weighted by atomic mass is 16.4. The molecule has 1 aromatic rings. The molecule has 1 aromatic carbocycles. The summed E-state index contributed by atoms with van der Waals surface area (Å²) < 4.78 is 0. The minimum atomic E-state index is -0.927. The smallest absolute Gasteiger partial charge is 0.307 e. The summed E-state index contributed by atoms with van der Waals surface area (Å²) in [5.41, 5.74) is 13.6. The molecule has 0 unspecified atom stereocenters. The third-order valence-corrected chi connectivity index (χ3v) is 1.94. The molecule has 0 amide bonds. The number of carboxylic acids is 1. The van der Waals surface area contributed by atoms with Gasteiger partial charge in [-0.15, -0.1) is 0 Å². The summed E-state index contributed by atoms with van der Waals surface area (Å²) in [7, 11) is 0. The number of nitrogens with two attached hydrogens (primary N) is 2. The number of hydrogen-bond acceptors (Lipinski definition) is 3. The van der Waals surface area contributed by atoms with Crippen LogP contribution in [0.15, 0.2) is 12.1 Å². The normalized spacial score (nSPS) is 9.92. The molecule has 4 heteroatoms. The van der Waals surface area contributed by atoms with Gasteiger partial charge in [-0.25, -0.2) is 0 Å². The van der Waals surface area contributed by atoms with Gasteiger partial charge in [0.2, 0.25) is 0 Å². The second-order valence-electron chi connectivity index (χ2n) is 2.93. The van der Waals surface area contributed by atoms with Crippen molar-refractivity contribution < 1.29 is 9.90 Å². The molecule has 0 saturated carbocycles. The van der Waals surface area contributed by atoms with Gasteiger partial charge in [-0.1, -0.05) is 6.07 Å². The highest BCUT2D eigenvalue weighted by Gasteiger charge is 2.09. The van der Waals surface area contributed by atoms with Gasteiger partial charge in [-0.2, -0.15) is 0 Å². The molecule has 0 spiro atoms. The van der Waals surface area contributed by atoms with Crippen LogP contribution < -0.4 is 11.5 Å². The first-order chi connectivity index (χ1) is 6.02. The number of hydrogen-bond donors (Lipinski definition) is 3. The Kier molecular flexibility index (Phi) is 2.41. The maximum atomic E-state index is 10.5. The molecule has 1 rings (SSSR count). The van der Waals surface area contributed by atoms with E-state index in [1.165, 1.54) is 0 Å². The van der Waals surface area contributed by atoms with Gasteiger partial charge in [-0.05, 0) is 18.6 Å². The number of nitrogen functional groups attached to an aromatic ring is 2. The number of benzene rings is 1. The number of rotatable bonds is 2. The van der Waals surface area contributed by atoms with E-state index in [0.29, 0.717) is 16.9 Å². The second kappa shape index (κ2) is 3.35. The van der Waals surface area contributed by atoms with Gasteiger partial charge in [0.25, 0.3) is 0 Å². The number of carboxylic acid groups (broad SMARTS) is 1. The van der Waals surface area contributed by atoms with Crippen molar-refractivity contribution in [1.29, 1.82) is 0 Å². The molecule has 5 N–H and O–H groups in total. The lowest BCUT2D eigenvalue weighted by Gasteiger charge is -2.09. The number of anilines is 2. The average Bonchev–Trinajstić information content (AvgIpc) is 2.05. The first kappa shape index (κ1) is 9.38. The van der Waals surface area contributed by atoms with Crippen molar-refractivity contribution in [1.82, 2.24) is 0 Å². The van der Waals surface area contributed by atoms with Crippen LogP contribution in [0.1, 0.15) is 11.1 Å². The van der Waals surface area contributed by atoms with Crippen molar-refractivity contribution in [2.24, 2.45) is 0 Å². The van der Waals surface area contributed by atoms with E-state index in [0.717, 1.165) is 5.56 Å². The molecule has 0 aromatic heterocycles. The van der Waals surface area contributed by atoms with Crippen LogP contribution in [0.3, 0.4) is 0 Å². The maximum absolute atomic E-state index is 10.5. The molecule has 70 valence electrons. The zero-order valence-corrected chi connectivity index (χ0v) is 7.37. The molecule has 0 atom stereocenters. The lowest BCUT2D eigenvalue weighted by atomic mass is 10.0. The Balaban J connectivity index is 3.17. The van der Waals surface area contributed by atoms with Crippen molar-refractivity contribution in [2.75, 3.05) is 11.5 Å². The van der Waals surface area contributed by atoms with Crippen LogP contribution in [0.25, 0.3) is 0 Å². The third kappa shape index (κ3) is 1.90. The van der Waals surface area contributed by atoms with Crippen LogP contribution in [-0.4, -0.2) is 11.1 Å². The fourth-order valence-corrected chi connectivity index (χ4v) is 1.15. The van der Waals surface area contributed by atoms with Gasteiger partial charge >= 0.3 is 5.97 Å². The SMILES string of the molecule is Cc1ccc(N)c(CC(=O)O)c1N. The largest absolute Gasteiger partial charge is 0.481 e. The summed E-state index contributed by atoms with van der Waals surface area (Å²) >= 11 is 0. The zero-order chi connectivity index (χ0) is 10.0. The van der Waals surface area contributed by atoms with Crippen molar-refractivity contribution in [3.8, 4) is 0 Å². The summed E-state index contributed by atoms with van der Waals surface area (Å²) in [6.07, 6.45) is -0.126. The molecule has 0 radical (unpaired) electrons.